The van der Waals surface area contributed by atoms with E-state index in [0.717, 1.165) is 17.6 Å². The molecule has 16 heavy (non-hydrogen) atoms. The van der Waals surface area contributed by atoms with Crippen LogP contribution >= 0.6 is 0 Å². The van der Waals surface area contributed by atoms with E-state index in [-0.39, 0.29) is 0 Å². The number of halogens is 3. The zero-order chi connectivity index (χ0) is 13.2. The van der Waals surface area contributed by atoms with Crippen LogP contribution in [-0.4, -0.2) is 63.4 Å². The van der Waals surface area contributed by atoms with Crippen molar-refractivity contribution in [3.63, 3.8) is 0 Å². The highest BCUT2D eigenvalue weighted by Gasteiger charge is 2.44. The van der Waals surface area contributed by atoms with Crippen LogP contribution in [0.1, 0.15) is 0 Å². The van der Waals surface area contributed by atoms with Crippen LogP contribution in [0.4, 0.5) is 13.2 Å². The zero-order valence-corrected chi connectivity index (χ0v) is 9.97. The molecular weight excluding hydrogens is 251 g/mol. The van der Waals surface area contributed by atoms with Crippen LogP contribution in [0.5, 0.6) is 0 Å². The molecule has 1 rings (SSSR count). The molecule has 9 heteroatoms. The maximum Gasteiger partial charge on any atom is 0.522 e. The van der Waals surface area contributed by atoms with Gasteiger partial charge in [0.25, 0.3) is 0 Å². The smallest absolute Gasteiger partial charge is 0.367 e. The van der Waals surface area contributed by atoms with Crippen LogP contribution < -0.4 is 0 Å². The third-order valence-electron chi connectivity index (χ3n) is 1.45. The summed E-state index contributed by atoms with van der Waals surface area (Å²) < 4.78 is 63.6. The Hall–Kier alpha value is -0.380. The number of quaternary nitrogens is 1. The zero-order valence-electron chi connectivity index (χ0n) is 9.15. The minimum absolute atomic E-state index is 0.565. The molecule has 0 aromatic carbocycles. The largest absolute Gasteiger partial charge is 0.522 e. The van der Waals surface area contributed by atoms with E-state index in [1.165, 1.54) is 0 Å². The number of alkyl halides is 3. The molecule has 1 unspecified atom stereocenters. The van der Waals surface area contributed by atoms with Crippen LogP contribution in [0.15, 0.2) is 0 Å². The van der Waals surface area contributed by atoms with Crippen LogP contribution in [0.3, 0.4) is 0 Å². The third kappa shape index (κ3) is 7.85. The molecule has 0 amide bonds. The molecule has 0 aliphatic carbocycles. The quantitative estimate of drug-likeness (QED) is 0.342. The normalized spacial score (nSPS) is 21.1. The lowest BCUT2D eigenvalue weighted by atomic mass is 10.4. The van der Waals surface area contributed by atoms with Crippen molar-refractivity contribution in [3.8, 4) is 0 Å². The van der Waals surface area contributed by atoms with Gasteiger partial charge in [-0.05, 0) is 0 Å². The molecule has 5 nitrogen and oxygen atoms in total. The number of rotatable bonds is 2. The molecule has 0 spiro atoms. The monoisotopic (exact) mass is 266 g/mol. The summed E-state index contributed by atoms with van der Waals surface area (Å²) >= 11 is 0. The first-order valence-electron chi connectivity index (χ1n) is 4.29. The summed E-state index contributed by atoms with van der Waals surface area (Å²) in [6.45, 7) is 2.13. The molecule has 1 fully saturated rings. The topological polar surface area (TPSA) is 66.9 Å². The summed E-state index contributed by atoms with van der Waals surface area (Å²) in [7, 11) is 0.706. The lowest BCUT2D eigenvalue weighted by molar-refractivity contribution is -0.870. The molecule has 0 aromatic heterocycles. The fraction of sp³-hybridized carbons (Fsp3) is 1.00. The molecule has 0 aromatic rings. The van der Waals surface area contributed by atoms with Crippen molar-refractivity contribution >= 4 is 10.1 Å². The SMILES string of the molecule is C[N+](C)(C)CC1CO1.O=S(=O)(O)C(F)(F)F. The first kappa shape index (κ1) is 15.6. The van der Waals surface area contributed by atoms with Crippen molar-refractivity contribution < 1.29 is 35.4 Å². The highest BCUT2D eigenvalue weighted by molar-refractivity contribution is 7.86. The average molecular weight is 266 g/mol. The minimum atomic E-state index is -5.84. The third-order valence-corrected chi connectivity index (χ3v) is 2.03. The number of hydrogen-bond acceptors (Lipinski definition) is 3. The molecule has 98 valence electrons. The van der Waals surface area contributed by atoms with Crippen molar-refractivity contribution in [1.29, 1.82) is 0 Å². The predicted octanol–water partition coefficient (Wildman–Crippen LogP) is 0.485. The van der Waals surface area contributed by atoms with E-state index in [2.05, 4.69) is 21.1 Å². The van der Waals surface area contributed by atoms with Crippen molar-refractivity contribution in [1.82, 2.24) is 0 Å². The Balaban J connectivity index is 0.000000281. The van der Waals surface area contributed by atoms with E-state index in [0.29, 0.717) is 6.10 Å². The van der Waals surface area contributed by atoms with Crippen LogP contribution in [0.25, 0.3) is 0 Å². The van der Waals surface area contributed by atoms with Gasteiger partial charge in [0.05, 0.1) is 27.7 Å². The maximum absolute atomic E-state index is 10.7. The fourth-order valence-electron chi connectivity index (χ4n) is 0.784. The van der Waals surface area contributed by atoms with Crippen molar-refractivity contribution in [2.45, 2.75) is 11.6 Å². The molecule has 0 radical (unpaired) electrons. The molecular formula is C7H15F3NO4S+. The van der Waals surface area contributed by atoms with Gasteiger partial charge in [0.1, 0.15) is 12.6 Å². The minimum Gasteiger partial charge on any atom is -0.367 e. The Morgan fingerprint density at radius 1 is 1.38 bits per heavy atom. The number of hydrogen-bond donors (Lipinski definition) is 1. The number of likely N-dealkylation sites (N-methyl/N-ethyl adjacent to an activating group) is 1. The van der Waals surface area contributed by atoms with Crippen molar-refractivity contribution in [2.75, 3.05) is 34.3 Å². The number of ether oxygens (including phenoxy) is 1. The number of nitrogens with zero attached hydrogens (tertiary/aromatic N) is 1. The first-order chi connectivity index (χ1) is 6.83. The Morgan fingerprint density at radius 2 is 1.69 bits per heavy atom. The van der Waals surface area contributed by atoms with E-state index >= 15 is 0 Å². The molecule has 1 saturated heterocycles. The van der Waals surface area contributed by atoms with E-state index < -0.39 is 15.6 Å². The second kappa shape index (κ2) is 4.86. The second-order valence-electron chi connectivity index (χ2n) is 4.35. The summed E-state index contributed by atoms with van der Waals surface area (Å²) in [5.41, 5.74) is -5.53. The van der Waals surface area contributed by atoms with Gasteiger partial charge in [-0.15, -0.1) is 0 Å². The van der Waals surface area contributed by atoms with Gasteiger partial charge in [-0.2, -0.15) is 21.6 Å². The van der Waals surface area contributed by atoms with Gasteiger partial charge >= 0.3 is 15.6 Å². The van der Waals surface area contributed by atoms with Gasteiger partial charge < -0.3 is 9.22 Å². The molecule has 1 aliphatic rings. The highest BCUT2D eigenvalue weighted by Crippen LogP contribution is 2.20. The predicted molar refractivity (Wildman–Crippen MR) is 50.2 cm³/mol. The molecule has 1 aliphatic heterocycles. The summed E-state index contributed by atoms with van der Waals surface area (Å²) in [6, 6.07) is 0. The molecule has 1 N–H and O–H groups in total. The van der Waals surface area contributed by atoms with Gasteiger partial charge in [0, 0.05) is 0 Å². The molecule has 0 saturated carbocycles. The lowest BCUT2D eigenvalue weighted by Crippen LogP contribution is -2.37. The Bertz CT molecular complexity index is 316. The second-order valence-corrected chi connectivity index (χ2v) is 5.76. The van der Waals surface area contributed by atoms with Gasteiger partial charge in [0.15, 0.2) is 0 Å². The van der Waals surface area contributed by atoms with Crippen LogP contribution in [0, 0.1) is 0 Å². The summed E-state index contributed by atoms with van der Waals surface area (Å²) in [4.78, 5) is 0. The summed E-state index contributed by atoms with van der Waals surface area (Å²) in [5.74, 6) is 0. The van der Waals surface area contributed by atoms with Crippen molar-refractivity contribution in [2.24, 2.45) is 0 Å². The van der Waals surface area contributed by atoms with E-state index in [4.69, 9.17) is 17.7 Å². The summed E-state index contributed by atoms with van der Waals surface area (Å²) in [5, 5.41) is 0. The summed E-state index contributed by atoms with van der Waals surface area (Å²) in [6.07, 6.45) is 0.565. The van der Waals surface area contributed by atoms with Gasteiger partial charge in [-0.1, -0.05) is 0 Å². The Kier molecular flexibility index (Phi) is 4.75. The Labute approximate surface area is 92.1 Å². The molecule has 1 atom stereocenters. The van der Waals surface area contributed by atoms with Gasteiger partial charge in [-0.25, -0.2) is 0 Å². The average Bonchev–Trinajstić information content (AvgIpc) is 2.63. The molecule has 0 bridgehead atoms. The maximum atomic E-state index is 10.7. The van der Waals surface area contributed by atoms with Gasteiger partial charge in [-0.3, -0.25) is 4.55 Å². The lowest BCUT2D eigenvalue weighted by Gasteiger charge is -2.22. The fourth-order valence-corrected chi connectivity index (χ4v) is 0.784. The number of epoxide rings is 1. The standard InChI is InChI=1S/C6H14NO.CHF3O3S/c1-7(2,3)4-6-5-8-6;2-1(3,4)8(5,6)7/h6H,4-5H2,1-3H3;(H,5,6,7)/q+1;. The Morgan fingerprint density at radius 3 is 1.75 bits per heavy atom. The molecule has 1 heterocycles. The highest BCUT2D eigenvalue weighted by atomic mass is 32.2. The van der Waals surface area contributed by atoms with E-state index in [1.54, 1.807) is 0 Å². The van der Waals surface area contributed by atoms with Crippen molar-refractivity contribution in [3.05, 3.63) is 0 Å². The van der Waals surface area contributed by atoms with E-state index in [1.807, 2.05) is 0 Å². The van der Waals surface area contributed by atoms with Crippen LogP contribution in [0.2, 0.25) is 0 Å². The van der Waals surface area contributed by atoms with Crippen LogP contribution in [-0.2, 0) is 14.9 Å². The first-order valence-corrected chi connectivity index (χ1v) is 5.73. The van der Waals surface area contributed by atoms with E-state index in [9.17, 15) is 13.2 Å². The van der Waals surface area contributed by atoms with Gasteiger partial charge in [0.2, 0.25) is 0 Å².